The molecular formula is C21H23ClN6O4S. The third-order valence-corrected chi connectivity index (χ3v) is 7.84. The van der Waals surface area contributed by atoms with E-state index in [4.69, 9.17) is 16.3 Å². The lowest BCUT2D eigenvalue weighted by molar-refractivity contribution is -0.120. The fourth-order valence-corrected chi connectivity index (χ4v) is 5.64. The van der Waals surface area contributed by atoms with Crippen LogP contribution >= 0.6 is 11.6 Å². The molecule has 1 amide bonds. The summed E-state index contributed by atoms with van der Waals surface area (Å²) in [5, 5.41) is 14.3. The summed E-state index contributed by atoms with van der Waals surface area (Å²) in [7, 11) is -2.24. The van der Waals surface area contributed by atoms with Crippen LogP contribution in [0.2, 0.25) is 5.02 Å². The van der Waals surface area contributed by atoms with E-state index in [2.05, 4.69) is 20.8 Å². The maximum Gasteiger partial charge on any atom is 0.243 e. The number of sulfonamides is 1. The predicted octanol–water partition coefficient (Wildman–Crippen LogP) is 2.67. The number of ether oxygens (including phenoxy) is 1. The molecule has 0 atom stereocenters. The molecule has 0 radical (unpaired) electrons. The van der Waals surface area contributed by atoms with Gasteiger partial charge in [-0.2, -0.15) is 4.31 Å². The largest absolute Gasteiger partial charge is 0.495 e. The lowest BCUT2D eigenvalue weighted by Gasteiger charge is -2.30. The molecule has 1 aromatic heterocycles. The number of rotatable bonds is 6. The van der Waals surface area contributed by atoms with Crippen LogP contribution in [-0.2, 0) is 14.8 Å². The summed E-state index contributed by atoms with van der Waals surface area (Å²) in [5.41, 5.74) is 2.38. The van der Waals surface area contributed by atoms with Gasteiger partial charge in [0, 0.05) is 24.7 Å². The Hall–Kier alpha value is -3.02. The number of tetrazole rings is 1. The van der Waals surface area contributed by atoms with Gasteiger partial charge < -0.3 is 10.1 Å². The molecule has 0 saturated carbocycles. The van der Waals surface area contributed by atoms with Crippen LogP contribution in [0.4, 0.5) is 5.69 Å². The Kier molecular flexibility index (Phi) is 6.63. The molecule has 0 spiro atoms. The predicted molar refractivity (Wildman–Crippen MR) is 122 cm³/mol. The van der Waals surface area contributed by atoms with Gasteiger partial charge in [-0.25, -0.2) is 13.1 Å². The number of aromatic nitrogens is 4. The second kappa shape index (κ2) is 9.46. The Balaban J connectivity index is 1.38. The van der Waals surface area contributed by atoms with Gasteiger partial charge in [0.15, 0.2) is 0 Å². The van der Waals surface area contributed by atoms with Gasteiger partial charge in [-0.15, -0.1) is 5.10 Å². The summed E-state index contributed by atoms with van der Waals surface area (Å²) < 4.78 is 34.0. The van der Waals surface area contributed by atoms with Crippen LogP contribution in [0.5, 0.6) is 5.75 Å². The zero-order valence-electron chi connectivity index (χ0n) is 18.1. The number of halogens is 1. The highest BCUT2D eigenvalue weighted by atomic mass is 35.5. The molecule has 4 rings (SSSR count). The topological polar surface area (TPSA) is 119 Å². The second-order valence-electron chi connectivity index (χ2n) is 7.72. The van der Waals surface area contributed by atoms with E-state index in [-0.39, 0.29) is 34.8 Å². The van der Waals surface area contributed by atoms with Crippen LogP contribution in [0.3, 0.4) is 0 Å². The van der Waals surface area contributed by atoms with Gasteiger partial charge in [0.25, 0.3) is 0 Å². The number of hydrogen-bond acceptors (Lipinski definition) is 7. The van der Waals surface area contributed by atoms with Gasteiger partial charge in [-0.3, -0.25) is 4.79 Å². The van der Waals surface area contributed by atoms with Crippen molar-refractivity contribution in [2.75, 3.05) is 25.5 Å². The maximum absolute atomic E-state index is 13.0. The summed E-state index contributed by atoms with van der Waals surface area (Å²) in [6.07, 6.45) is 2.36. The Bertz CT molecular complexity index is 1260. The van der Waals surface area contributed by atoms with E-state index < -0.39 is 10.0 Å². The van der Waals surface area contributed by atoms with Gasteiger partial charge in [0.05, 0.1) is 22.7 Å². The first-order valence-corrected chi connectivity index (χ1v) is 12.1. The lowest BCUT2D eigenvalue weighted by atomic mass is 9.97. The third kappa shape index (κ3) is 4.85. The van der Waals surface area contributed by atoms with Crippen LogP contribution in [0.15, 0.2) is 47.6 Å². The minimum atomic E-state index is -3.71. The zero-order chi connectivity index (χ0) is 23.6. The molecule has 12 heteroatoms. The third-order valence-electron chi connectivity index (χ3n) is 5.65. The van der Waals surface area contributed by atoms with Crippen molar-refractivity contribution in [2.24, 2.45) is 5.92 Å². The fraction of sp³-hybridized carbons (Fsp3) is 0.333. The molecule has 1 aliphatic rings. The zero-order valence-corrected chi connectivity index (χ0v) is 19.7. The first-order chi connectivity index (χ1) is 15.8. The highest BCUT2D eigenvalue weighted by Gasteiger charge is 2.32. The van der Waals surface area contributed by atoms with Crippen molar-refractivity contribution in [1.82, 2.24) is 24.5 Å². The summed E-state index contributed by atoms with van der Waals surface area (Å²) in [5.74, 6) is -0.00302. The molecule has 1 fully saturated rings. The van der Waals surface area contributed by atoms with E-state index >= 15 is 0 Å². The summed E-state index contributed by atoms with van der Waals surface area (Å²) >= 11 is 6.09. The molecule has 0 unspecified atom stereocenters. The Labute approximate surface area is 196 Å². The van der Waals surface area contributed by atoms with E-state index in [1.807, 2.05) is 19.1 Å². The first kappa shape index (κ1) is 23.1. The molecule has 33 heavy (non-hydrogen) atoms. The molecule has 174 valence electrons. The molecular weight excluding hydrogens is 468 g/mol. The van der Waals surface area contributed by atoms with Gasteiger partial charge in [-0.1, -0.05) is 11.6 Å². The second-order valence-corrected chi connectivity index (χ2v) is 10.1. The molecule has 1 saturated heterocycles. The lowest BCUT2D eigenvalue weighted by Crippen LogP contribution is -2.41. The minimum Gasteiger partial charge on any atom is -0.495 e. The van der Waals surface area contributed by atoms with Crippen molar-refractivity contribution < 1.29 is 17.9 Å². The van der Waals surface area contributed by atoms with Crippen molar-refractivity contribution >= 4 is 33.2 Å². The molecule has 0 bridgehead atoms. The minimum absolute atomic E-state index is 0.106. The smallest absolute Gasteiger partial charge is 0.243 e. The monoisotopic (exact) mass is 490 g/mol. The highest BCUT2D eigenvalue weighted by molar-refractivity contribution is 7.89. The molecule has 10 nitrogen and oxygen atoms in total. The van der Waals surface area contributed by atoms with Gasteiger partial charge >= 0.3 is 0 Å². The molecule has 3 aromatic rings. The number of carbonyl (C=O) groups is 1. The summed E-state index contributed by atoms with van der Waals surface area (Å²) in [4.78, 5) is 12.9. The standard InChI is InChI=1S/C21H23ClN6O4S/c1-14-11-16(3-5-19(14)28-13-23-25-26-28)24-21(29)15-7-9-27(10-8-15)33(30,31)17-4-6-20(32-2)18(22)12-17/h3-6,11-13,15H,7-10H2,1-2H3,(H,24,29). The van der Waals surface area contributed by atoms with E-state index in [0.717, 1.165) is 11.3 Å². The summed E-state index contributed by atoms with van der Waals surface area (Å²) in [6, 6.07) is 9.85. The van der Waals surface area contributed by atoms with E-state index in [1.54, 1.807) is 10.7 Å². The first-order valence-electron chi connectivity index (χ1n) is 10.3. The SMILES string of the molecule is COc1ccc(S(=O)(=O)N2CCC(C(=O)Nc3ccc(-n4cnnn4)c(C)c3)CC2)cc1Cl. The Morgan fingerprint density at radius 1 is 1.18 bits per heavy atom. The van der Waals surface area contributed by atoms with Crippen molar-refractivity contribution in [3.05, 3.63) is 53.3 Å². The van der Waals surface area contributed by atoms with Crippen molar-refractivity contribution in [3.63, 3.8) is 0 Å². The van der Waals surface area contributed by atoms with Crippen LogP contribution in [0.1, 0.15) is 18.4 Å². The number of nitrogens with zero attached hydrogens (tertiary/aromatic N) is 5. The van der Waals surface area contributed by atoms with Crippen LogP contribution in [0.25, 0.3) is 5.69 Å². The fourth-order valence-electron chi connectivity index (χ4n) is 3.82. The average molecular weight is 491 g/mol. The van der Waals surface area contributed by atoms with E-state index in [0.29, 0.717) is 24.3 Å². The normalized spacial score (nSPS) is 15.4. The number of benzene rings is 2. The van der Waals surface area contributed by atoms with E-state index in [1.165, 1.54) is 35.9 Å². The molecule has 0 aliphatic carbocycles. The number of carbonyl (C=O) groups excluding carboxylic acids is 1. The number of anilines is 1. The van der Waals surface area contributed by atoms with Gasteiger partial charge in [0.1, 0.15) is 12.1 Å². The number of amides is 1. The van der Waals surface area contributed by atoms with Crippen molar-refractivity contribution in [1.29, 1.82) is 0 Å². The number of nitrogens with one attached hydrogen (secondary N) is 1. The molecule has 2 aromatic carbocycles. The molecule has 1 N–H and O–H groups in total. The van der Waals surface area contributed by atoms with Crippen molar-refractivity contribution in [2.45, 2.75) is 24.7 Å². The van der Waals surface area contributed by atoms with Crippen molar-refractivity contribution in [3.8, 4) is 11.4 Å². The molecule has 2 heterocycles. The number of methoxy groups -OCH3 is 1. The molecule has 1 aliphatic heterocycles. The Morgan fingerprint density at radius 3 is 2.55 bits per heavy atom. The van der Waals surface area contributed by atoms with Gasteiger partial charge in [-0.05, 0) is 72.2 Å². The Morgan fingerprint density at radius 2 is 1.94 bits per heavy atom. The summed E-state index contributed by atoms with van der Waals surface area (Å²) in [6.45, 7) is 2.41. The quantitative estimate of drug-likeness (QED) is 0.564. The highest BCUT2D eigenvalue weighted by Crippen LogP contribution is 2.30. The van der Waals surface area contributed by atoms with Crippen LogP contribution in [0, 0.1) is 12.8 Å². The van der Waals surface area contributed by atoms with Crippen LogP contribution < -0.4 is 10.1 Å². The number of piperidine rings is 1. The number of aryl methyl sites for hydroxylation is 1. The van der Waals surface area contributed by atoms with Crippen LogP contribution in [-0.4, -0.2) is 59.0 Å². The maximum atomic E-state index is 13.0. The van der Waals surface area contributed by atoms with E-state index in [9.17, 15) is 13.2 Å². The average Bonchev–Trinajstić information content (AvgIpc) is 3.34. The number of hydrogen-bond donors (Lipinski definition) is 1. The van der Waals surface area contributed by atoms with Gasteiger partial charge in [0.2, 0.25) is 15.9 Å².